The van der Waals surface area contributed by atoms with Crippen molar-refractivity contribution in [2.75, 3.05) is 18.1 Å². The van der Waals surface area contributed by atoms with Gasteiger partial charge in [0.15, 0.2) is 0 Å². The third-order valence-corrected chi connectivity index (χ3v) is 5.28. The molecular formula is C14H29NS. The first kappa shape index (κ1) is 14.4. The lowest BCUT2D eigenvalue weighted by molar-refractivity contribution is 0.0990. The van der Waals surface area contributed by atoms with E-state index < -0.39 is 0 Å². The summed E-state index contributed by atoms with van der Waals surface area (Å²) in [6.45, 7) is 7.95. The minimum absolute atomic E-state index is 0.490. The van der Waals surface area contributed by atoms with Crippen LogP contribution >= 0.6 is 11.8 Å². The van der Waals surface area contributed by atoms with E-state index in [1.54, 1.807) is 0 Å². The minimum Gasteiger partial charge on any atom is -0.330 e. The van der Waals surface area contributed by atoms with Crippen molar-refractivity contribution in [1.82, 2.24) is 0 Å². The molecule has 0 spiro atoms. The lowest BCUT2D eigenvalue weighted by atomic mass is 9.63. The van der Waals surface area contributed by atoms with Gasteiger partial charge in [0.1, 0.15) is 0 Å². The van der Waals surface area contributed by atoms with Gasteiger partial charge in [0.05, 0.1) is 0 Å². The molecule has 1 aliphatic carbocycles. The molecule has 0 atom stereocenters. The molecule has 0 heterocycles. The molecule has 2 heteroatoms. The fourth-order valence-electron chi connectivity index (χ4n) is 2.71. The molecule has 1 fully saturated rings. The molecule has 1 aliphatic rings. The van der Waals surface area contributed by atoms with Crippen LogP contribution in [-0.4, -0.2) is 18.1 Å². The molecule has 0 aliphatic heterocycles. The SMILES string of the molecule is CCSCCCC1(CN)CCC(C)(C)CC1. The summed E-state index contributed by atoms with van der Waals surface area (Å²) in [5.74, 6) is 2.57. The van der Waals surface area contributed by atoms with E-state index in [-0.39, 0.29) is 0 Å². The highest BCUT2D eigenvalue weighted by atomic mass is 32.2. The predicted octanol–water partition coefficient (Wildman–Crippen LogP) is 4.07. The van der Waals surface area contributed by atoms with Crippen LogP contribution in [-0.2, 0) is 0 Å². The van der Waals surface area contributed by atoms with E-state index in [2.05, 4.69) is 32.5 Å². The van der Waals surface area contributed by atoms with Crippen LogP contribution in [0.4, 0.5) is 0 Å². The van der Waals surface area contributed by atoms with Gasteiger partial charge in [-0.3, -0.25) is 0 Å². The van der Waals surface area contributed by atoms with Crippen molar-refractivity contribution in [2.45, 2.75) is 59.3 Å². The van der Waals surface area contributed by atoms with Crippen LogP contribution in [0, 0.1) is 10.8 Å². The van der Waals surface area contributed by atoms with Crippen LogP contribution in [0.15, 0.2) is 0 Å². The zero-order valence-electron chi connectivity index (χ0n) is 11.3. The molecule has 2 N–H and O–H groups in total. The second kappa shape index (κ2) is 6.30. The zero-order valence-corrected chi connectivity index (χ0v) is 12.2. The van der Waals surface area contributed by atoms with Crippen molar-refractivity contribution in [2.24, 2.45) is 16.6 Å². The Hall–Kier alpha value is 0.310. The Morgan fingerprint density at radius 3 is 2.25 bits per heavy atom. The quantitative estimate of drug-likeness (QED) is 0.712. The summed E-state index contributed by atoms with van der Waals surface area (Å²) in [7, 11) is 0. The van der Waals surface area contributed by atoms with Crippen LogP contribution in [0.25, 0.3) is 0 Å². The molecule has 0 saturated heterocycles. The van der Waals surface area contributed by atoms with Gasteiger partial charge < -0.3 is 5.73 Å². The Balaban J connectivity index is 2.34. The van der Waals surface area contributed by atoms with Crippen molar-refractivity contribution in [3.8, 4) is 0 Å². The standard InChI is InChI=1S/C14H29NS/c1-4-16-11-5-6-14(12-15)9-7-13(2,3)8-10-14/h4-12,15H2,1-3H3. The van der Waals surface area contributed by atoms with Gasteiger partial charge in [0.25, 0.3) is 0 Å². The van der Waals surface area contributed by atoms with E-state index in [1.165, 1.54) is 50.0 Å². The topological polar surface area (TPSA) is 26.0 Å². The van der Waals surface area contributed by atoms with Gasteiger partial charge in [0, 0.05) is 0 Å². The van der Waals surface area contributed by atoms with Gasteiger partial charge in [-0.1, -0.05) is 20.8 Å². The molecule has 1 rings (SSSR count). The molecule has 96 valence electrons. The summed E-state index contributed by atoms with van der Waals surface area (Å²) in [5, 5.41) is 0. The molecule has 0 bridgehead atoms. The van der Waals surface area contributed by atoms with Crippen molar-refractivity contribution in [3.63, 3.8) is 0 Å². The van der Waals surface area contributed by atoms with Crippen LogP contribution in [0.1, 0.15) is 59.3 Å². The van der Waals surface area contributed by atoms with E-state index in [0.29, 0.717) is 10.8 Å². The second-order valence-corrected chi connectivity index (χ2v) is 7.56. The Kier molecular flexibility index (Phi) is 5.66. The van der Waals surface area contributed by atoms with Gasteiger partial charge in [-0.2, -0.15) is 11.8 Å². The van der Waals surface area contributed by atoms with Crippen LogP contribution in [0.2, 0.25) is 0 Å². The largest absolute Gasteiger partial charge is 0.330 e. The Morgan fingerprint density at radius 1 is 1.12 bits per heavy atom. The van der Waals surface area contributed by atoms with Gasteiger partial charge >= 0.3 is 0 Å². The maximum atomic E-state index is 6.03. The minimum atomic E-state index is 0.490. The van der Waals surface area contributed by atoms with E-state index in [0.717, 1.165) is 6.54 Å². The summed E-state index contributed by atoms with van der Waals surface area (Å²) < 4.78 is 0. The number of rotatable bonds is 6. The molecule has 16 heavy (non-hydrogen) atoms. The molecule has 0 unspecified atom stereocenters. The van der Waals surface area contributed by atoms with E-state index in [9.17, 15) is 0 Å². The highest BCUT2D eigenvalue weighted by Gasteiger charge is 2.36. The molecule has 0 aromatic rings. The van der Waals surface area contributed by atoms with Crippen molar-refractivity contribution >= 4 is 11.8 Å². The summed E-state index contributed by atoms with van der Waals surface area (Å²) in [5.41, 5.74) is 7.09. The Labute approximate surface area is 106 Å². The summed E-state index contributed by atoms with van der Waals surface area (Å²) >= 11 is 2.06. The van der Waals surface area contributed by atoms with E-state index in [4.69, 9.17) is 5.73 Å². The number of hydrogen-bond donors (Lipinski definition) is 1. The first-order valence-electron chi connectivity index (χ1n) is 6.81. The van der Waals surface area contributed by atoms with E-state index >= 15 is 0 Å². The molecule has 1 saturated carbocycles. The maximum absolute atomic E-state index is 6.03. The Morgan fingerprint density at radius 2 is 1.75 bits per heavy atom. The third-order valence-electron chi connectivity index (χ3n) is 4.30. The Bertz CT molecular complexity index is 191. The highest BCUT2D eigenvalue weighted by molar-refractivity contribution is 7.99. The fourth-order valence-corrected chi connectivity index (χ4v) is 3.34. The average Bonchev–Trinajstić information content (AvgIpc) is 2.27. The normalized spacial score (nSPS) is 23.2. The molecule has 0 aromatic heterocycles. The van der Waals surface area contributed by atoms with Gasteiger partial charge in [-0.05, 0) is 67.4 Å². The first-order chi connectivity index (χ1) is 7.54. The second-order valence-electron chi connectivity index (χ2n) is 6.17. The average molecular weight is 243 g/mol. The first-order valence-corrected chi connectivity index (χ1v) is 7.97. The highest BCUT2D eigenvalue weighted by Crippen LogP contribution is 2.46. The molecule has 0 amide bonds. The number of nitrogens with two attached hydrogens (primary N) is 1. The van der Waals surface area contributed by atoms with Crippen LogP contribution < -0.4 is 5.73 Å². The van der Waals surface area contributed by atoms with E-state index in [1.807, 2.05) is 0 Å². The third kappa shape index (κ3) is 4.29. The lowest BCUT2D eigenvalue weighted by Gasteiger charge is -2.43. The van der Waals surface area contributed by atoms with Crippen LogP contribution in [0.5, 0.6) is 0 Å². The molecule has 0 aromatic carbocycles. The van der Waals surface area contributed by atoms with Gasteiger partial charge in [0.2, 0.25) is 0 Å². The summed E-state index contributed by atoms with van der Waals surface area (Å²) in [6.07, 6.45) is 8.15. The summed E-state index contributed by atoms with van der Waals surface area (Å²) in [6, 6.07) is 0. The maximum Gasteiger partial charge on any atom is -0.00205 e. The van der Waals surface area contributed by atoms with Gasteiger partial charge in [-0.15, -0.1) is 0 Å². The number of thioether (sulfide) groups is 1. The molecule has 1 nitrogen and oxygen atoms in total. The van der Waals surface area contributed by atoms with Gasteiger partial charge in [-0.25, -0.2) is 0 Å². The zero-order chi connectivity index (χ0) is 12.1. The smallest absolute Gasteiger partial charge is 0.00205 e. The lowest BCUT2D eigenvalue weighted by Crippen LogP contribution is -2.37. The van der Waals surface area contributed by atoms with Crippen molar-refractivity contribution < 1.29 is 0 Å². The fraction of sp³-hybridized carbons (Fsp3) is 1.00. The molecular weight excluding hydrogens is 214 g/mol. The van der Waals surface area contributed by atoms with Crippen LogP contribution in [0.3, 0.4) is 0 Å². The number of hydrogen-bond acceptors (Lipinski definition) is 2. The summed E-state index contributed by atoms with van der Waals surface area (Å²) in [4.78, 5) is 0. The monoisotopic (exact) mass is 243 g/mol. The predicted molar refractivity (Wildman–Crippen MR) is 76.0 cm³/mol. The molecule has 0 radical (unpaired) electrons. The van der Waals surface area contributed by atoms with Crippen molar-refractivity contribution in [3.05, 3.63) is 0 Å². The van der Waals surface area contributed by atoms with Crippen molar-refractivity contribution in [1.29, 1.82) is 0 Å².